The van der Waals surface area contributed by atoms with Crippen LogP contribution in [0.2, 0.25) is 0 Å². The molecule has 0 unspecified atom stereocenters. The molecule has 2 heteroatoms. The number of fused-ring (bicyclic) bond motifs is 1. The molecule has 1 nitrogen and oxygen atoms in total. The molecule has 0 bridgehead atoms. The first kappa shape index (κ1) is 8.20. The Kier molecular flexibility index (Phi) is 2.23. The molecule has 0 aliphatic rings. The van der Waals surface area contributed by atoms with E-state index in [-0.39, 0.29) is 6.54 Å². The lowest BCUT2D eigenvalue weighted by Gasteiger charge is -2.03. The summed E-state index contributed by atoms with van der Waals surface area (Å²) in [6.45, 7) is 0.265. The van der Waals surface area contributed by atoms with Gasteiger partial charge in [0.15, 0.2) is 0 Å². The van der Waals surface area contributed by atoms with E-state index < -0.39 is 0 Å². The summed E-state index contributed by atoms with van der Waals surface area (Å²) in [6.07, 6.45) is 0. The largest absolute Gasteiger partial charge is 0.155 e. The minimum Gasteiger partial charge on any atom is -0.155 e. The van der Waals surface area contributed by atoms with Crippen LogP contribution in [-0.2, 0) is 6.54 Å². The average molecular weight is 175 g/mol. The van der Waals surface area contributed by atoms with Crippen molar-refractivity contribution in [2.75, 3.05) is 0 Å². The van der Waals surface area contributed by atoms with Crippen molar-refractivity contribution in [3.05, 3.63) is 48.0 Å². The molecule has 0 radical (unpaired) electrons. The molecule has 2 rings (SSSR count). The second kappa shape index (κ2) is 3.54. The first-order valence-electron chi connectivity index (χ1n) is 4.22. The molecule has 0 spiro atoms. The predicted octanol–water partition coefficient (Wildman–Crippen LogP) is 2.81. The molecule has 0 saturated heterocycles. The number of nitrogens with one attached hydrogen (secondary N) is 1. The molecular weight excluding hydrogens is 165 g/mol. The molecule has 2 aromatic carbocycles. The zero-order valence-corrected chi connectivity index (χ0v) is 7.13. The number of hydrogen-bond acceptors (Lipinski definition) is 1. The molecule has 0 aromatic heterocycles. The highest BCUT2D eigenvalue weighted by Gasteiger charge is 1.98. The van der Waals surface area contributed by atoms with Crippen LogP contribution >= 0.6 is 0 Å². The van der Waals surface area contributed by atoms with E-state index in [1.54, 1.807) is 5.54 Å². The Bertz CT molecular complexity index is 406. The lowest BCUT2D eigenvalue weighted by atomic mass is 10.1. The third-order valence-corrected chi connectivity index (χ3v) is 2.14. The molecule has 0 atom stereocenters. The SMILES string of the molecule is FNCc1cccc2ccccc12. The normalized spacial score (nSPS) is 10.5. The molecule has 0 fully saturated rings. The van der Waals surface area contributed by atoms with Gasteiger partial charge in [-0.15, -0.1) is 4.48 Å². The fraction of sp³-hybridized carbons (Fsp3) is 0.0909. The Morgan fingerprint density at radius 1 is 1.00 bits per heavy atom. The van der Waals surface area contributed by atoms with Crippen LogP contribution in [0.3, 0.4) is 0 Å². The maximum atomic E-state index is 12.0. The fourth-order valence-corrected chi connectivity index (χ4v) is 1.52. The molecule has 1 N–H and O–H groups in total. The minimum absolute atomic E-state index is 0.265. The van der Waals surface area contributed by atoms with Gasteiger partial charge in [-0.3, -0.25) is 0 Å². The van der Waals surface area contributed by atoms with Crippen molar-refractivity contribution in [2.45, 2.75) is 6.54 Å². The molecule has 0 saturated carbocycles. The maximum absolute atomic E-state index is 12.0. The van der Waals surface area contributed by atoms with Gasteiger partial charge < -0.3 is 0 Å². The molecule has 2 aromatic rings. The summed E-state index contributed by atoms with van der Waals surface area (Å²) in [5, 5.41) is 2.26. The predicted molar refractivity (Wildman–Crippen MR) is 51.9 cm³/mol. The van der Waals surface area contributed by atoms with Crippen LogP contribution in [0.4, 0.5) is 4.48 Å². The summed E-state index contributed by atoms with van der Waals surface area (Å²) < 4.78 is 12.0. The van der Waals surface area contributed by atoms with E-state index in [0.29, 0.717) is 0 Å². The van der Waals surface area contributed by atoms with Crippen molar-refractivity contribution in [2.24, 2.45) is 0 Å². The Morgan fingerprint density at radius 3 is 2.62 bits per heavy atom. The third kappa shape index (κ3) is 1.53. The quantitative estimate of drug-likeness (QED) is 0.692. The smallest absolute Gasteiger partial charge is 0.0516 e. The standard InChI is InChI=1S/C11H10FN/c12-13-8-10-6-3-5-9-4-1-2-7-11(9)10/h1-7,13H,8H2. The van der Waals surface area contributed by atoms with Crippen molar-refractivity contribution < 1.29 is 4.48 Å². The first-order valence-corrected chi connectivity index (χ1v) is 4.22. The average Bonchev–Trinajstić information content (AvgIpc) is 2.19. The summed E-state index contributed by atoms with van der Waals surface area (Å²) in [7, 11) is 0. The maximum Gasteiger partial charge on any atom is 0.0516 e. The van der Waals surface area contributed by atoms with E-state index in [2.05, 4.69) is 0 Å². The van der Waals surface area contributed by atoms with Gasteiger partial charge in [0.2, 0.25) is 0 Å². The van der Waals surface area contributed by atoms with Gasteiger partial charge in [0.1, 0.15) is 0 Å². The Morgan fingerprint density at radius 2 is 1.77 bits per heavy atom. The Balaban J connectivity index is 2.61. The van der Waals surface area contributed by atoms with Crippen LogP contribution < -0.4 is 5.54 Å². The molecule has 13 heavy (non-hydrogen) atoms. The van der Waals surface area contributed by atoms with Crippen LogP contribution in [0, 0.1) is 0 Å². The Hall–Kier alpha value is -1.41. The number of rotatable bonds is 2. The van der Waals surface area contributed by atoms with Crippen LogP contribution in [0.5, 0.6) is 0 Å². The molecule has 0 amide bonds. The Labute approximate surface area is 76.1 Å². The molecule has 0 aliphatic carbocycles. The molecule has 66 valence electrons. The van der Waals surface area contributed by atoms with Gasteiger partial charge >= 0.3 is 0 Å². The van der Waals surface area contributed by atoms with Crippen LogP contribution in [0.15, 0.2) is 42.5 Å². The van der Waals surface area contributed by atoms with Gasteiger partial charge in [0.25, 0.3) is 0 Å². The molecule has 0 heterocycles. The van der Waals surface area contributed by atoms with Gasteiger partial charge in [-0.1, -0.05) is 42.5 Å². The summed E-state index contributed by atoms with van der Waals surface area (Å²) in [4.78, 5) is 0. The summed E-state index contributed by atoms with van der Waals surface area (Å²) in [5.74, 6) is 0. The summed E-state index contributed by atoms with van der Waals surface area (Å²) >= 11 is 0. The van der Waals surface area contributed by atoms with Crippen LogP contribution in [-0.4, -0.2) is 0 Å². The zero-order chi connectivity index (χ0) is 9.10. The van der Waals surface area contributed by atoms with Crippen molar-refractivity contribution in [1.29, 1.82) is 0 Å². The second-order valence-corrected chi connectivity index (χ2v) is 2.95. The molecular formula is C11H10FN. The minimum atomic E-state index is 0.265. The fourth-order valence-electron chi connectivity index (χ4n) is 1.52. The summed E-state index contributed by atoms with van der Waals surface area (Å²) in [5.41, 5.74) is 2.66. The summed E-state index contributed by atoms with van der Waals surface area (Å²) in [6, 6.07) is 13.9. The monoisotopic (exact) mass is 175 g/mol. The van der Waals surface area contributed by atoms with E-state index in [1.807, 2.05) is 42.5 Å². The van der Waals surface area contributed by atoms with Gasteiger partial charge in [0.05, 0.1) is 6.54 Å². The number of benzene rings is 2. The van der Waals surface area contributed by atoms with Crippen molar-refractivity contribution in [1.82, 2.24) is 5.54 Å². The van der Waals surface area contributed by atoms with E-state index >= 15 is 0 Å². The van der Waals surface area contributed by atoms with Gasteiger partial charge in [-0.05, 0) is 16.3 Å². The van der Waals surface area contributed by atoms with E-state index in [1.165, 1.54) is 0 Å². The van der Waals surface area contributed by atoms with Crippen molar-refractivity contribution >= 4 is 10.8 Å². The van der Waals surface area contributed by atoms with Gasteiger partial charge in [0, 0.05) is 0 Å². The third-order valence-electron chi connectivity index (χ3n) is 2.14. The second-order valence-electron chi connectivity index (χ2n) is 2.95. The molecule has 0 aliphatic heterocycles. The highest BCUT2D eigenvalue weighted by atomic mass is 19.2. The van der Waals surface area contributed by atoms with Gasteiger partial charge in [-0.2, -0.15) is 5.54 Å². The topological polar surface area (TPSA) is 12.0 Å². The lowest BCUT2D eigenvalue weighted by molar-refractivity contribution is 0.331. The van der Waals surface area contributed by atoms with Gasteiger partial charge in [-0.25, -0.2) is 0 Å². The van der Waals surface area contributed by atoms with E-state index in [4.69, 9.17) is 0 Å². The highest BCUT2D eigenvalue weighted by molar-refractivity contribution is 5.85. The first-order chi connectivity index (χ1) is 6.42. The highest BCUT2D eigenvalue weighted by Crippen LogP contribution is 2.17. The lowest BCUT2D eigenvalue weighted by Crippen LogP contribution is -1.99. The van der Waals surface area contributed by atoms with Crippen LogP contribution in [0.25, 0.3) is 10.8 Å². The van der Waals surface area contributed by atoms with E-state index in [0.717, 1.165) is 16.3 Å². The van der Waals surface area contributed by atoms with E-state index in [9.17, 15) is 4.48 Å². The van der Waals surface area contributed by atoms with Crippen LogP contribution in [0.1, 0.15) is 5.56 Å². The van der Waals surface area contributed by atoms with Crippen molar-refractivity contribution in [3.63, 3.8) is 0 Å². The number of halogens is 1. The zero-order valence-electron chi connectivity index (χ0n) is 7.13. The van der Waals surface area contributed by atoms with Crippen molar-refractivity contribution in [3.8, 4) is 0 Å². The number of hydrogen-bond donors (Lipinski definition) is 1.